The Bertz CT molecular complexity index is 4130. The van der Waals surface area contributed by atoms with Crippen molar-refractivity contribution in [3.05, 3.63) is 319 Å². The molecule has 0 spiro atoms. The van der Waals surface area contributed by atoms with Gasteiger partial charge in [-0.3, -0.25) is 4.98 Å². The van der Waals surface area contributed by atoms with Crippen LogP contribution in [0.4, 0.5) is 0 Å². The Morgan fingerprint density at radius 1 is 0.410 bits per heavy atom. The Morgan fingerprint density at radius 3 is 1.22 bits per heavy atom. The van der Waals surface area contributed by atoms with E-state index in [2.05, 4.69) is 274 Å². The molecular weight excluding hydrogens is 1130 g/mol. The van der Waals surface area contributed by atoms with E-state index in [1.165, 1.54) is 117 Å². The summed E-state index contributed by atoms with van der Waals surface area (Å²) in [6.45, 7) is 17.8. The van der Waals surface area contributed by atoms with Crippen molar-refractivity contribution in [1.29, 1.82) is 0 Å². The van der Waals surface area contributed by atoms with Crippen molar-refractivity contribution >= 4 is 0 Å². The molecule has 0 atom stereocenters. The van der Waals surface area contributed by atoms with Crippen LogP contribution >= 0.6 is 0 Å². The third kappa shape index (κ3) is 6.86. The number of benzene rings is 9. The third-order valence-corrected chi connectivity index (χ3v) is 17.5. The normalized spacial score (nSPS) is 14.4. The predicted molar refractivity (Wildman–Crippen MR) is 311 cm³/mol. The first kappa shape index (κ1) is 49.6. The molecule has 2 aromatic heterocycles. The Kier molecular flexibility index (Phi) is 11.5. The van der Waals surface area contributed by atoms with Gasteiger partial charge in [0.25, 0.3) is 0 Å². The van der Waals surface area contributed by atoms with Crippen LogP contribution in [0.15, 0.2) is 195 Å². The maximum Gasteiger partial charge on any atom is 0.204 e. The van der Waals surface area contributed by atoms with E-state index >= 15 is 0 Å². The molecule has 3 nitrogen and oxygen atoms in total. The van der Waals surface area contributed by atoms with Gasteiger partial charge in [-0.1, -0.05) is 161 Å². The van der Waals surface area contributed by atoms with Crippen LogP contribution in [0.25, 0.3) is 44.5 Å². The second kappa shape index (κ2) is 18.1. The first-order valence-electron chi connectivity index (χ1n) is 27.1. The molecule has 0 saturated heterocycles. The summed E-state index contributed by atoms with van der Waals surface area (Å²) >= 11 is 0. The van der Waals surface area contributed by atoms with E-state index < -0.39 is 16.4 Å². The Labute approximate surface area is 474 Å². The Balaban J connectivity index is 0.00000579. The largest absolute Gasteiger partial charge is 0.354 e. The monoisotopic (exact) mass is 1180 g/mol. The maximum absolute atomic E-state index is 5.52. The summed E-state index contributed by atoms with van der Waals surface area (Å²) in [6, 6.07) is 75.9. The minimum Gasteiger partial charge on any atom is -0.354 e. The molecule has 0 fully saturated rings. The minimum absolute atomic E-state index is 0. The van der Waals surface area contributed by atoms with Crippen molar-refractivity contribution in [1.82, 2.24) is 9.55 Å². The molecule has 3 aliphatic carbocycles. The number of aryl methyl sites for hydroxylation is 9. The zero-order valence-electron chi connectivity index (χ0n) is 45.6. The average Bonchev–Trinajstić information content (AvgIpc) is 4.35. The van der Waals surface area contributed by atoms with Gasteiger partial charge in [-0.05, 0) is 158 Å². The zero-order valence-corrected chi connectivity index (χ0v) is 47.9. The van der Waals surface area contributed by atoms with Crippen molar-refractivity contribution < 1.29 is 25.6 Å². The molecule has 0 amide bonds. The number of rotatable bonds is 7. The number of imidazole rings is 1. The fourth-order valence-electron chi connectivity index (χ4n) is 14.2. The smallest absolute Gasteiger partial charge is 0.204 e. The van der Waals surface area contributed by atoms with Crippen molar-refractivity contribution in [3.63, 3.8) is 0 Å². The SMILES string of the molecule is Cc1ccc2c(c1)C(c1[c-]c(C3(c4cc(-c5c(C)cccc5C)ccn4)c4cc(C)ccc4-c4ccc(C)cc43)ccc1)(c1[c-]c(C3(n4[c-][n+](C)cc4)c4cc(C)ccc4-c4ccc(C)cc43)ccc1)c1cc(C)ccc1-2.[Pt]. The molecule has 0 bridgehead atoms. The first-order chi connectivity index (χ1) is 37.3. The van der Waals surface area contributed by atoms with E-state index in [0.29, 0.717) is 0 Å². The predicted octanol–water partition coefficient (Wildman–Crippen LogP) is 15.8. The van der Waals surface area contributed by atoms with Gasteiger partial charge in [0.2, 0.25) is 6.33 Å². The molecule has 4 heteroatoms. The number of hydrogen-bond donors (Lipinski definition) is 0. The number of pyridine rings is 1. The summed E-state index contributed by atoms with van der Waals surface area (Å²) in [5.41, 5.74) is 29.6. The van der Waals surface area contributed by atoms with E-state index in [-0.39, 0.29) is 21.1 Å². The van der Waals surface area contributed by atoms with Crippen LogP contribution in [0.1, 0.15) is 106 Å². The summed E-state index contributed by atoms with van der Waals surface area (Å²) in [4.78, 5) is 5.52. The molecule has 0 radical (unpaired) electrons. The van der Waals surface area contributed by atoms with Crippen LogP contribution < -0.4 is 4.57 Å². The maximum atomic E-state index is 5.52. The van der Waals surface area contributed by atoms with Gasteiger partial charge in [-0.2, -0.15) is 48.5 Å². The van der Waals surface area contributed by atoms with Gasteiger partial charge in [0.15, 0.2) is 0 Å². The van der Waals surface area contributed by atoms with Crippen molar-refractivity contribution in [2.45, 2.75) is 71.8 Å². The molecule has 0 unspecified atom stereocenters. The molecule has 9 aromatic carbocycles. The van der Waals surface area contributed by atoms with Gasteiger partial charge >= 0.3 is 0 Å². The van der Waals surface area contributed by atoms with E-state index in [1.807, 2.05) is 10.8 Å². The van der Waals surface area contributed by atoms with Crippen LogP contribution in [0, 0.1) is 73.8 Å². The molecule has 2 heterocycles. The fraction of sp³-hybridized carbons (Fsp3) is 0.162. The van der Waals surface area contributed by atoms with Gasteiger partial charge in [0.05, 0.1) is 18.2 Å². The van der Waals surface area contributed by atoms with E-state index in [1.54, 1.807) is 0 Å². The second-order valence-electron chi connectivity index (χ2n) is 22.5. The summed E-state index contributed by atoms with van der Waals surface area (Å²) in [5.74, 6) is 0. The van der Waals surface area contributed by atoms with Crippen LogP contribution in [-0.4, -0.2) is 9.55 Å². The molecule has 382 valence electrons. The number of aromatic nitrogens is 3. The number of hydrogen-bond acceptors (Lipinski definition) is 1. The quantitative estimate of drug-likeness (QED) is 0.115. The Morgan fingerprint density at radius 2 is 0.782 bits per heavy atom. The molecule has 0 aliphatic heterocycles. The van der Waals surface area contributed by atoms with E-state index in [4.69, 9.17) is 4.98 Å². The standard InChI is InChI=1S/C74H59N3.Pt/c1-45-19-25-58-59-26-20-46(2)36-65(59)72(64(58)35-45,55-16-12-18-57(43-55)74(77-34-33-76(9)44-77)68-39-49(5)23-29-62(68)63-30-24-50(6)40-69(63)74)54-15-11-17-56(42-54)73(70-41-53(31-32-75-70)71-51(7)13-10-14-52(71)8)66-37-47(3)21-27-60(66)61-28-22-48(4)38-67(61)73;/h10-41H,1-9H3;/q-2;. The Hall–Kier alpha value is -7.97. The summed E-state index contributed by atoms with van der Waals surface area (Å²) < 4.78 is 4.34. The van der Waals surface area contributed by atoms with Gasteiger partial charge < -0.3 is 9.13 Å². The molecule has 3 aliphatic rings. The molecule has 14 rings (SSSR count). The van der Waals surface area contributed by atoms with Gasteiger partial charge in [-0.15, -0.1) is 22.3 Å². The summed E-state index contributed by atoms with van der Waals surface area (Å²) in [7, 11) is 2.06. The number of nitrogens with zero attached hydrogens (tertiary/aromatic N) is 3. The molecule has 0 N–H and O–H groups in total. The molecule has 0 saturated carbocycles. The van der Waals surface area contributed by atoms with Crippen molar-refractivity contribution in [2.24, 2.45) is 7.05 Å². The molecule has 78 heavy (non-hydrogen) atoms. The van der Waals surface area contributed by atoms with Gasteiger partial charge in [0, 0.05) is 43.8 Å². The average molecular weight is 1190 g/mol. The first-order valence-corrected chi connectivity index (χ1v) is 27.1. The van der Waals surface area contributed by atoms with Crippen LogP contribution in [0.2, 0.25) is 0 Å². The zero-order chi connectivity index (χ0) is 52.7. The third-order valence-electron chi connectivity index (χ3n) is 17.5. The fourth-order valence-corrected chi connectivity index (χ4v) is 14.2. The van der Waals surface area contributed by atoms with E-state index in [9.17, 15) is 0 Å². The second-order valence-corrected chi connectivity index (χ2v) is 22.5. The van der Waals surface area contributed by atoms with Gasteiger partial charge in [-0.25, -0.2) is 0 Å². The topological polar surface area (TPSA) is 21.7 Å². The van der Waals surface area contributed by atoms with Crippen LogP contribution in [-0.2, 0) is 44.5 Å². The van der Waals surface area contributed by atoms with Gasteiger partial charge in [0.1, 0.15) is 5.54 Å². The molecular formula is C74H59N3Pt-2. The van der Waals surface area contributed by atoms with Crippen LogP contribution in [0.5, 0.6) is 0 Å². The summed E-state index contributed by atoms with van der Waals surface area (Å²) in [5, 5.41) is 0. The minimum atomic E-state index is -0.858. The van der Waals surface area contributed by atoms with E-state index in [0.717, 1.165) is 33.5 Å². The number of fused-ring (bicyclic) bond motifs is 9. The van der Waals surface area contributed by atoms with Crippen molar-refractivity contribution in [3.8, 4) is 44.5 Å². The summed E-state index contributed by atoms with van der Waals surface area (Å²) in [6.07, 6.45) is 10.1. The van der Waals surface area contributed by atoms with Crippen molar-refractivity contribution in [2.75, 3.05) is 0 Å². The van der Waals surface area contributed by atoms with Crippen LogP contribution in [0.3, 0.4) is 0 Å². The molecule has 11 aromatic rings.